The van der Waals surface area contributed by atoms with Gasteiger partial charge in [-0.05, 0) is 20.2 Å². The number of likely N-dealkylation sites (N-methyl/N-ethyl adjacent to an activating group) is 1. The van der Waals surface area contributed by atoms with Crippen LogP contribution in [0.2, 0.25) is 0 Å². The van der Waals surface area contributed by atoms with E-state index < -0.39 is 0 Å². The molecule has 5 nitrogen and oxygen atoms in total. The Kier molecular flexibility index (Phi) is 4.45. The van der Waals surface area contributed by atoms with Crippen LogP contribution in [0, 0.1) is 0 Å². The molecule has 3 rings (SSSR count). The van der Waals surface area contributed by atoms with Crippen LogP contribution in [-0.2, 0) is 13.1 Å². The fourth-order valence-electron chi connectivity index (χ4n) is 3.23. The number of aromatic nitrogens is 2. The van der Waals surface area contributed by atoms with E-state index in [2.05, 4.69) is 45.6 Å². The molecular weight excluding hydrogens is 276 g/mol. The lowest BCUT2D eigenvalue weighted by molar-refractivity contribution is 0.155. The molecule has 22 heavy (non-hydrogen) atoms. The highest BCUT2D eigenvalue weighted by Crippen LogP contribution is 2.25. The van der Waals surface area contributed by atoms with E-state index in [-0.39, 0.29) is 0 Å². The Morgan fingerprint density at radius 3 is 2.91 bits per heavy atom. The number of imidazole rings is 1. The van der Waals surface area contributed by atoms with Gasteiger partial charge in [-0.1, -0.05) is 18.2 Å². The van der Waals surface area contributed by atoms with E-state index >= 15 is 0 Å². The lowest BCUT2D eigenvalue weighted by Gasteiger charge is -2.36. The summed E-state index contributed by atoms with van der Waals surface area (Å²) in [6.45, 7) is 3.88. The molecule has 1 unspecified atom stereocenters. The minimum atomic E-state index is 0.441. The maximum atomic E-state index is 5.48. The van der Waals surface area contributed by atoms with Crippen molar-refractivity contribution in [2.45, 2.75) is 19.1 Å². The van der Waals surface area contributed by atoms with Crippen LogP contribution in [0.5, 0.6) is 5.75 Å². The molecule has 0 aliphatic carbocycles. The number of para-hydroxylation sites is 1. The highest BCUT2D eigenvalue weighted by Gasteiger charge is 2.25. The molecule has 0 amide bonds. The summed E-state index contributed by atoms with van der Waals surface area (Å²) in [5, 5.41) is 0. The van der Waals surface area contributed by atoms with Crippen molar-refractivity contribution in [3.05, 3.63) is 48.0 Å². The van der Waals surface area contributed by atoms with Gasteiger partial charge in [-0.15, -0.1) is 0 Å². The molecule has 5 heteroatoms. The van der Waals surface area contributed by atoms with Crippen LogP contribution in [-0.4, -0.2) is 53.6 Å². The summed E-state index contributed by atoms with van der Waals surface area (Å²) in [5.74, 6) is 0.964. The maximum absolute atomic E-state index is 5.48. The standard InChI is InChI=1S/C17H24N4O/c1-19(2)10-16-12-20(11-15-8-18-13-21(15)16)9-14-6-4-5-7-17(14)22-3/h4-8,13,16H,9-12H2,1-3H3. The first-order valence-electron chi connectivity index (χ1n) is 7.67. The summed E-state index contributed by atoms with van der Waals surface area (Å²) in [6, 6.07) is 8.70. The van der Waals surface area contributed by atoms with Crippen LogP contribution in [0.25, 0.3) is 0 Å². The van der Waals surface area contributed by atoms with E-state index in [0.717, 1.165) is 31.9 Å². The van der Waals surface area contributed by atoms with E-state index in [1.807, 2.05) is 24.7 Å². The zero-order chi connectivity index (χ0) is 15.5. The third-order valence-corrected chi connectivity index (χ3v) is 4.16. The first-order valence-corrected chi connectivity index (χ1v) is 7.67. The average molecular weight is 300 g/mol. The molecule has 1 aromatic heterocycles. The molecule has 1 aromatic carbocycles. The highest BCUT2D eigenvalue weighted by atomic mass is 16.5. The van der Waals surface area contributed by atoms with E-state index in [4.69, 9.17) is 4.74 Å². The van der Waals surface area contributed by atoms with Crippen molar-refractivity contribution in [2.75, 3.05) is 34.3 Å². The zero-order valence-corrected chi connectivity index (χ0v) is 13.6. The molecular formula is C17H24N4O. The predicted molar refractivity (Wildman–Crippen MR) is 86.9 cm³/mol. The fraction of sp³-hybridized carbons (Fsp3) is 0.471. The van der Waals surface area contributed by atoms with Crippen molar-refractivity contribution in [3.63, 3.8) is 0 Å². The van der Waals surface area contributed by atoms with Gasteiger partial charge in [-0.2, -0.15) is 0 Å². The van der Waals surface area contributed by atoms with Gasteiger partial charge >= 0.3 is 0 Å². The largest absolute Gasteiger partial charge is 0.496 e. The van der Waals surface area contributed by atoms with Gasteiger partial charge in [0.05, 0.1) is 25.2 Å². The molecule has 0 bridgehead atoms. The summed E-state index contributed by atoms with van der Waals surface area (Å²) in [5.41, 5.74) is 2.52. The van der Waals surface area contributed by atoms with Gasteiger partial charge in [-0.25, -0.2) is 4.98 Å². The molecule has 2 heterocycles. The lowest BCUT2D eigenvalue weighted by Crippen LogP contribution is -2.40. The number of benzene rings is 1. The molecule has 1 aliphatic heterocycles. The van der Waals surface area contributed by atoms with Crippen molar-refractivity contribution >= 4 is 0 Å². The molecule has 118 valence electrons. The Hall–Kier alpha value is -1.85. The topological polar surface area (TPSA) is 33.5 Å². The molecule has 0 radical (unpaired) electrons. The number of methoxy groups -OCH3 is 1. The predicted octanol–water partition coefficient (Wildman–Crippen LogP) is 2.01. The maximum Gasteiger partial charge on any atom is 0.123 e. The summed E-state index contributed by atoms with van der Waals surface area (Å²) in [7, 11) is 5.98. The van der Waals surface area contributed by atoms with Crippen molar-refractivity contribution in [1.29, 1.82) is 0 Å². The van der Waals surface area contributed by atoms with Gasteiger partial charge in [0.15, 0.2) is 0 Å². The molecule has 0 N–H and O–H groups in total. The monoisotopic (exact) mass is 300 g/mol. The molecule has 0 spiro atoms. The van der Waals surface area contributed by atoms with E-state index in [9.17, 15) is 0 Å². The number of hydrogen-bond donors (Lipinski definition) is 0. The average Bonchev–Trinajstić information content (AvgIpc) is 2.96. The van der Waals surface area contributed by atoms with Crippen LogP contribution in [0.3, 0.4) is 0 Å². The van der Waals surface area contributed by atoms with Crippen molar-refractivity contribution in [3.8, 4) is 5.75 Å². The van der Waals surface area contributed by atoms with E-state index in [0.29, 0.717) is 6.04 Å². The lowest BCUT2D eigenvalue weighted by atomic mass is 10.1. The van der Waals surface area contributed by atoms with Gasteiger partial charge in [0, 0.05) is 37.9 Å². The van der Waals surface area contributed by atoms with Gasteiger partial charge in [0.1, 0.15) is 5.75 Å². The zero-order valence-electron chi connectivity index (χ0n) is 13.6. The highest BCUT2D eigenvalue weighted by molar-refractivity contribution is 5.33. The summed E-state index contributed by atoms with van der Waals surface area (Å²) in [6.07, 6.45) is 3.95. The quantitative estimate of drug-likeness (QED) is 0.846. The number of ether oxygens (including phenoxy) is 1. The molecule has 0 saturated carbocycles. The minimum Gasteiger partial charge on any atom is -0.496 e. The second-order valence-electron chi connectivity index (χ2n) is 6.19. The second-order valence-corrected chi connectivity index (χ2v) is 6.19. The van der Waals surface area contributed by atoms with Crippen LogP contribution >= 0.6 is 0 Å². The minimum absolute atomic E-state index is 0.441. The van der Waals surface area contributed by atoms with Crippen LogP contribution in [0.15, 0.2) is 36.8 Å². The van der Waals surface area contributed by atoms with Gasteiger partial charge < -0.3 is 14.2 Å². The van der Waals surface area contributed by atoms with Crippen molar-refractivity contribution in [2.24, 2.45) is 0 Å². The first-order chi connectivity index (χ1) is 10.7. The molecule has 0 saturated heterocycles. The Balaban J connectivity index is 1.78. The number of fused-ring (bicyclic) bond motifs is 1. The van der Waals surface area contributed by atoms with Crippen molar-refractivity contribution < 1.29 is 4.74 Å². The second kappa shape index (κ2) is 6.50. The Morgan fingerprint density at radius 2 is 2.14 bits per heavy atom. The summed E-state index contributed by atoms with van der Waals surface area (Å²) >= 11 is 0. The van der Waals surface area contributed by atoms with E-state index in [1.54, 1.807) is 7.11 Å². The number of rotatable bonds is 5. The normalized spacial score (nSPS) is 18.5. The third kappa shape index (κ3) is 3.15. The van der Waals surface area contributed by atoms with Crippen LogP contribution in [0.4, 0.5) is 0 Å². The van der Waals surface area contributed by atoms with Gasteiger partial charge in [0.25, 0.3) is 0 Å². The SMILES string of the molecule is COc1ccccc1CN1Cc2cncn2C(CN(C)C)C1. The van der Waals surface area contributed by atoms with Gasteiger partial charge in [-0.3, -0.25) is 4.90 Å². The van der Waals surface area contributed by atoms with E-state index in [1.165, 1.54) is 11.3 Å². The molecule has 0 fully saturated rings. The smallest absolute Gasteiger partial charge is 0.123 e. The fourth-order valence-corrected chi connectivity index (χ4v) is 3.23. The van der Waals surface area contributed by atoms with Crippen LogP contribution in [0.1, 0.15) is 17.3 Å². The number of hydrogen-bond acceptors (Lipinski definition) is 4. The van der Waals surface area contributed by atoms with Crippen LogP contribution < -0.4 is 4.74 Å². The van der Waals surface area contributed by atoms with Crippen molar-refractivity contribution in [1.82, 2.24) is 19.4 Å². The Labute approximate surface area is 132 Å². The number of nitrogens with zero attached hydrogens (tertiary/aromatic N) is 4. The van der Waals surface area contributed by atoms with Gasteiger partial charge in [0.2, 0.25) is 0 Å². The Bertz CT molecular complexity index is 623. The Morgan fingerprint density at radius 1 is 1.32 bits per heavy atom. The summed E-state index contributed by atoms with van der Waals surface area (Å²) < 4.78 is 7.80. The summed E-state index contributed by atoms with van der Waals surface area (Å²) in [4.78, 5) is 9.04. The first kappa shape index (κ1) is 15.1. The molecule has 2 aromatic rings. The molecule has 1 aliphatic rings. The molecule has 1 atom stereocenters. The third-order valence-electron chi connectivity index (χ3n) is 4.16.